The van der Waals surface area contributed by atoms with Crippen LogP contribution in [0.2, 0.25) is 0 Å². The van der Waals surface area contributed by atoms with Crippen LogP contribution in [0, 0.1) is 0 Å². The molecule has 4 nitrogen and oxygen atoms in total. The standard InChI is InChI=1S/C24H22N2O2S/c1-26-23(18-11-15-20(28-3)16-12-18)22(17-9-13-19(27-2)14-10-17)25-24(26)29-21-7-5-4-6-8-21/h4-16H,1-3H3. The zero-order chi connectivity index (χ0) is 20.2. The molecule has 0 spiro atoms. The van der Waals surface area contributed by atoms with Gasteiger partial charge in [-0.25, -0.2) is 4.98 Å². The van der Waals surface area contributed by atoms with E-state index in [2.05, 4.69) is 35.9 Å². The number of hydrogen-bond acceptors (Lipinski definition) is 4. The Bertz CT molecular complexity index is 1090. The molecule has 4 aromatic rings. The molecule has 3 aromatic carbocycles. The minimum Gasteiger partial charge on any atom is -0.497 e. The van der Waals surface area contributed by atoms with Crippen molar-refractivity contribution in [2.24, 2.45) is 7.05 Å². The minimum absolute atomic E-state index is 0.828. The lowest BCUT2D eigenvalue weighted by Crippen LogP contribution is -1.95. The van der Waals surface area contributed by atoms with Crippen molar-refractivity contribution in [1.29, 1.82) is 0 Å². The van der Waals surface area contributed by atoms with Crippen LogP contribution in [0.1, 0.15) is 0 Å². The van der Waals surface area contributed by atoms with Crippen LogP contribution in [0.4, 0.5) is 0 Å². The molecule has 0 aliphatic heterocycles. The van der Waals surface area contributed by atoms with Gasteiger partial charge < -0.3 is 14.0 Å². The van der Waals surface area contributed by atoms with Crippen molar-refractivity contribution in [3.8, 4) is 34.0 Å². The number of aromatic nitrogens is 2. The number of benzene rings is 3. The number of hydrogen-bond donors (Lipinski definition) is 0. The molecular weight excluding hydrogens is 380 g/mol. The van der Waals surface area contributed by atoms with E-state index in [4.69, 9.17) is 14.5 Å². The first-order valence-electron chi connectivity index (χ1n) is 9.28. The molecule has 0 aliphatic carbocycles. The molecule has 0 unspecified atom stereocenters. The summed E-state index contributed by atoms with van der Waals surface area (Å²) < 4.78 is 12.8. The van der Waals surface area contributed by atoms with Gasteiger partial charge in [0.25, 0.3) is 0 Å². The maximum Gasteiger partial charge on any atom is 0.173 e. The Labute approximate surface area is 175 Å². The minimum atomic E-state index is 0.828. The molecule has 29 heavy (non-hydrogen) atoms. The van der Waals surface area contributed by atoms with Crippen LogP contribution < -0.4 is 9.47 Å². The number of nitrogens with zero attached hydrogens (tertiary/aromatic N) is 2. The van der Waals surface area contributed by atoms with Crippen molar-refractivity contribution >= 4 is 11.8 Å². The van der Waals surface area contributed by atoms with Gasteiger partial charge in [0.15, 0.2) is 5.16 Å². The van der Waals surface area contributed by atoms with Gasteiger partial charge in [0.05, 0.1) is 25.6 Å². The SMILES string of the molecule is COc1ccc(-c2nc(Sc3ccccc3)n(C)c2-c2ccc(OC)cc2)cc1. The van der Waals surface area contributed by atoms with Crippen LogP contribution in [0.5, 0.6) is 11.5 Å². The second-order valence-corrected chi connectivity index (χ2v) is 7.56. The van der Waals surface area contributed by atoms with Crippen LogP contribution in [0.15, 0.2) is 88.9 Å². The number of methoxy groups -OCH3 is 2. The fourth-order valence-electron chi connectivity index (χ4n) is 3.19. The summed E-state index contributed by atoms with van der Waals surface area (Å²) >= 11 is 1.66. The number of imidazole rings is 1. The average molecular weight is 403 g/mol. The maximum absolute atomic E-state index is 5.32. The first kappa shape index (κ1) is 19.2. The van der Waals surface area contributed by atoms with Crippen molar-refractivity contribution in [1.82, 2.24) is 9.55 Å². The predicted molar refractivity (Wildman–Crippen MR) is 118 cm³/mol. The molecule has 146 valence electrons. The van der Waals surface area contributed by atoms with E-state index in [0.717, 1.165) is 44.1 Å². The molecule has 0 fully saturated rings. The van der Waals surface area contributed by atoms with Gasteiger partial charge in [-0.2, -0.15) is 0 Å². The molecule has 0 saturated carbocycles. The third-order valence-electron chi connectivity index (χ3n) is 4.73. The van der Waals surface area contributed by atoms with Gasteiger partial charge in [-0.15, -0.1) is 0 Å². The van der Waals surface area contributed by atoms with Gasteiger partial charge in [-0.3, -0.25) is 0 Å². The Balaban J connectivity index is 1.83. The summed E-state index contributed by atoms with van der Waals surface area (Å²) in [7, 11) is 5.41. The van der Waals surface area contributed by atoms with E-state index in [9.17, 15) is 0 Å². The van der Waals surface area contributed by atoms with Crippen molar-refractivity contribution in [3.05, 3.63) is 78.9 Å². The molecule has 1 heterocycles. The molecule has 5 heteroatoms. The second kappa shape index (κ2) is 8.45. The van der Waals surface area contributed by atoms with Gasteiger partial charge >= 0.3 is 0 Å². The smallest absolute Gasteiger partial charge is 0.173 e. The topological polar surface area (TPSA) is 36.3 Å². The van der Waals surface area contributed by atoms with E-state index in [0.29, 0.717) is 0 Å². The third kappa shape index (κ3) is 4.00. The van der Waals surface area contributed by atoms with Crippen molar-refractivity contribution in [3.63, 3.8) is 0 Å². The second-order valence-electron chi connectivity index (χ2n) is 6.52. The number of ether oxygens (including phenoxy) is 2. The Kier molecular flexibility index (Phi) is 5.58. The van der Waals surface area contributed by atoms with Crippen LogP contribution in [-0.2, 0) is 7.05 Å². The van der Waals surface area contributed by atoms with Crippen molar-refractivity contribution in [2.75, 3.05) is 14.2 Å². The molecule has 0 N–H and O–H groups in total. The van der Waals surface area contributed by atoms with Gasteiger partial charge in [0.2, 0.25) is 0 Å². The highest BCUT2D eigenvalue weighted by atomic mass is 32.2. The molecule has 0 saturated heterocycles. The zero-order valence-corrected chi connectivity index (χ0v) is 17.4. The van der Waals surface area contributed by atoms with Crippen LogP contribution in [0.3, 0.4) is 0 Å². The summed E-state index contributed by atoms with van der Waals surface area (Å²) in [5, 5.41) is 0.938. The summed E-state index contributed by atoms with van der Waals surface area (Å²) in [6, 6.07) is 26.4. The maximum atomic E-state index is 5.32. The van der Waals surface area contributed by atoms with Crippen LogP contribution in [0.25, 0.3) is 22.5 Å². The van der Waals surface area contributed by atoms with E-state index in [1.54, 1.807) is 26.0 Å². The highest BCUT2D eigenvalue weighted by Crippen LogP contribution is 2.38. The molecule has 0 radical (unpaired) electrons. The average Bonchev–Trinajstić information content (AvgIpc) is 3.10. The Morgan fingerprint density at radius 2 is 1.28 bits per heavy atom. The molecular formula is C24H22N2O2S. The van der Waals surface area contributed by atoms with Gasteiger partial charge in [0, 0.05) is 23.1 Å². The van der Waals surface area contributed by atoms with E-state index >= 15 is 0 Å². The molecule has 0 atom stereocenters. The molecule has 0 aliphatic rings. The van der Waals surface area contributed by atoms with Gasteiger partial charge in [0.1, 0.15) is 11.5 Å². The largest absolute Gasteiger partial charge is 0.497 e. The van der Waals surface area contributed by atoms with E-state index in [1.165, 1.54) is 0 Å². The lowest BCUT2D eigenvalue weighted by molar-refractivity contribution is 0.414. The molecule has 1 aromatic heterocycles. The number of rotatable bonds is 6. The Morgan fingerprint density at radius 1 is 0.724 bits per heavy atom. The summed E-state index contributed by atoms with van der Waals surface area (Å²) in [4.78, 5) is 6.16. The van der Waals surface area contributed by atoms with Crippen LogP contribution >= 0.6 is 11.8 Å². The predicted octanol–water partition coefficient (Wildman–Crippen LogP) is 5.92. The molecule has 0 amide bonds. The lowest BCUT2D eigenvalue weighted by atomic mass is 10.0. The first-order valence-corrected chi connectivity index (χ1v) is 10.1. The Hall–Kier alpha value is -3.18. The summed E-state index contributed by atoms with van der Waals surface area (Å²) in [5.41, 5.74) is 4.15. The lowest BCUT2D eigenvalue weighted by Gasteiger charge is -2.09. The monoisotopic (exact) mass is 402 g/mol. The van der Waals surface area contributed by atoms with Crippen molar-refractivity contribution in [2.45, 2.75) is 10.1 Å². The fourth-order valence-corrected chi connectivity index (χ4v) is 4.06. The van der Waals surface area contributed by atoms with Crippen molar-refractivity contribution < 1.29 is 9.47 Å². The normalized spacial score (nSPS) is 10.7. The molecule has 0 bridgehead atoms. The highest BCUT2D eigenvalue weighted by Gasteiger charge is 2.19. The first-order chi connectivity index (χ1) is 14.2. The fraction of sp³-hybridized carbons (Fsp3) is 0.125. The van der Waals surface area contributed by atoms with Crippen LogP contribution in [-0.4, -0.2) is 23.8 Å². The summed E-state index contributed by atoms with van der Waals surface area (Å²) in [6.45, 7) is 0. The van der Waals surface area contributed by atoms with E-state index < -0.39 is 0 Å². The Morgan fingerprint density at radius 3 is 1.83 bits per heavy atom. The third-order valence-corrected chi connectivity index (χ3v) is 5.79. The highest BCUT2D eigenvalue weighted by molar-refractivity contribution is 7.99. The van der Waals surface area contributed by atoms with E-state index in [1.807, 2.05) is 54.6 Å². The molecule has 4 rings (SSSR count). The van der Waals surface area contributed by atoms with Gasteiger partial charge in [-0.1, -0.05) is 30.0 Å². The van der Waals surface area contributed by atoms with E-state index in [-0.39, 0.29) is 0 Å². The summed E-state index contributed by atoms with van der Waals surface area (Å²) in [5.74, 6) is 1.66. The quantitative estimate of drug-likeness (QED) is 0.401. The zero-order valence-electron chi connectivity index (χ0n) is 16.6. The van der Waals surface area contributed by atoms with Gasteiger partial charge in [-0.05, 0) is 60.7 Å². The summed E-state index contributed by atoms with van der Waals surface area (Å²) in [6.07, 6.45) is 0.